The van der Waals surface area contributed by atoms with Gasteiger partial charge in [0, 0.05) is 16.2 Å². The molecule has 4 rings (SSSR count). The summed E-state index contributed by atoms with van der Waals surface area (Å²) in [6.07, 6.45) is 0. The highest BCUT2D eigenvalue weighted by Gasteiger charge is 2.32. The highest BCUT2D eigenvalue weighted by atomic mass is 31.2. The quantitative estimate of drug-likeness (QED) is 0.481. The summed E-state index contributed by atoms with van der Waals surface area (Å²) in [5.74, 6) is 0.987. The number of hydrogen-bond acceptors (Lipinski definition) is 2. The Labute approximate surface area is 162 Å². The standard InChI is InChI=1S/C22H24N3PSi/c1-27(2,3)25-22-20-16-10-11-17-21(20)23-26(24-22,18-12-6-4-7-13-18)19-14-8-5-9-15-19/h4-17H,1-3H3,(H,24,25). The Balaban J connectivity index is 2.06. The van der Waals surface area contributed by atoms with Crippen molar-refractivity contribution in [1.82, 2.24) is 5.09 Å². The van der Waals surface area contributed by atoms with Gasteiger partial charge in [0.2, 0.25) is 0 Å². The number of nitrogens with zero attached hydrogens (tertiary/aromatic N) is 2. The molecule has 0 aliphatic carbocycles. The van der Waals surface area contributed by atoms with Crippen molar-refractivity contribution in [2.24, 2.45) is 9.40 Å². The van der Waals surface area contributed by atoms with Gasteiger partial charge in [-0.3, -0.25) is 0 Å². The SMILES string of the molecule is C[Si](C)(C)N=C1NP(c2ccccc2)(c2ccccc2)=Nc2ccccc21. The number of fused-ring (bicyclic) bond motifs is 1. The fraction of sp³-hybridized carbons (Fsp3) is 0.136. The molecule has 0 fully saturated rings. The lowest BCUT2D eigenvalue weighted by Crippen LogP contribution is -2.37. The van der Waals surface area contributed by atoms with Crippen LogP contribution < -0.4 is 15.7 Å². The third-order valence-corrected chi connectivity index (χ3v) is 8.43. The van der Waals surface area contributed by atoms with Crippen molar-refractivity contribution in [3.8, 4) is 0 Å². The van der Waals surface area contributed by atoms with Gasteiger partial charge < -0.3 is 9.75 Å². The maximum Gasteiger partial charge on any atom is 0.175 e. The first-order chi connectivity index (χ1) is 13.0. The Bertz CT molecular complexity index is 994. The number of amidine groups is 1. The van der Waals surface area contributed by atoms with Crippen LogP contribution in [-0.4, -0.2) is 14.1 Å². The van der Waals surface area contributed by atoms with Gasteiger partial charge in [0.05, 0.1) is 5.69 Å². The molecular weight excluding hydrogens is 365 g/mol. The average molecular weight is 390 g/mol. The van der Waals surface area contributed by atoms with E-state index in [2.05, 4.69) is 110 Å². The van der Waals surface area contributed by atoms with E-state index < -0.39 is 15.4 Å². The van der Waals surface area contributed by atoms with Crippen LogP contribution in [0.5, 0.6) is 0 Å². The average Bonchev–Trinajstić information content (AvgIpc) is 2.68. The number of nitrogens with one attached hydrogen (secondary N) is 1. The van der Waals surface area contributed by atoms with Gasteiger partial charge in [-0.1, -0.05) is 72.8 Å². The van der Waals surface area contributed by atoms with Crippen LogP contribution in [0.4, 0.5) is 5.69 Å². The van der Waals surface area contributed by atoms with Crippen LogP contribution in [0.2, 0.25) is 19.6 Å². The molecule has 3 nitrogen and oxygen atoms in total. The second kappa shape index (κ2) is 6.95. The molecule has 0 saturated heterocycles. The van der Waals surface area contributed by atoms with E-state index in [0.717, 1.165) is 17.1 Å². The van der Waals surface area contributed by atoms with E-state index in [1.807, 2.05) is 0 Å². The Morgan fingerprint density at radius 2 is 1.26 bits per heavy atom. The van der Waals surface area contributed by atoms with Gasteiger partial charge in [0.15, 0.2) is 8.24 Å². The molecule has 3 aromatic carbocycles. The molecular formula is C22H24N3PSi. The Morgan fingerprint density at radius 1 is 0.741 bits per heavy atom. The molecule has 136 valence electrons. The molecule has 1 heterocycles. The molecule has 0 aromatic heterocycles. The Kier molecular flexibility index (Phi) is 4.63. The predicted octanol–water partition coefficient (Wildman–Crippen LogP) is 5.27. The zero-order valence-electron chi connectivity index (χ0n) is 15.9. The van der Waals surface area contributed by atoms with Gasteiger partial charge in [-0.25, -0.2) is 4.74 Å². The monoisotopic (exact) mass is 389 g/mol. The molecule has 0 amide bonds. The predicted molar refractivity (Wildman–Crippen MR) is 121 cm³/mol. The normalized spacial score (nSPS) is 16.9. The molecule has 0 radical (unpaired) electrons. The summed E-state index contributed by atoms with van der Waals surface area (Å²) < 4.78 is 10.5. The van der Waals surface area contributed by atoms with E-state index in [4.69, 9.17) is 9.40 Å². The summed E-state index contributed by atoms with van der Waals surface area (Å²) in [7, 11) is -3.88. The van der Waals surface area contributed by atoms with E-state index in [9.17, 15) is 0 Å². The van der Waals surface area contributed by atoms with Gasteiger partial charge in [-0.2, -0.15) is 0 Å². The minimum Gasteiger partial charge on any atom is -0.330 e. The first-order valence-electron chi connectivity index (χ1n) is 9.19. The highest BCUT2D eigenvalue weighted by molar-refractivity contribution is 7.80. The number of hydrogen-bond donors (Lipinski definition) is 1. The zero-order valence-corrected chi connectivity index (χ0v) is 17.8. The number of benzene rings is 3. The first kappa shape index (κ1) is 18.0. The summed E-state index contributed by atoms with van der Waals surface area (Å²) in [5.41, 5.74) is 2.12. The van der Waals surface area contributed by atoms with Gasteiger partial charge in [0.25, 0.3) is 0 Å². The molecule has 0 unspecified atom stereocenters. The Hall–Kier alpha value is -2.42. The van der Waals surface area contributed by atoms with Crippen LogP contribution >= 0.6 is 7.21 Å². The van der Waals surface area contributed by atoms with Crippen LogP contribution in [-0.2, 0) is 0 Å². The topological polar surface area (TPSA) is 36.8 Å². The van der Waals surface area contributed by atoms with Gasteiger partial charge in [-0.15, -0.1) is 0 Å². The lowest BCUT2D eigenvalue weighted by atomic mass is 10.2. The summed E-state index contributed by atoms with van der Waals surface area (Å²) in [4.78, 5) is 0. The van der Waals surface area contributed by atoms with Gasteiger partial charge in [-0.05, 0) is 31.8 Å². The third kappa shape index (κ3) is 3.55. The van der Waals surface area contributed by atoms with Gasteiger partial charge >= 0.3 is 0 Å². The highest BCUT2D eigenvalue weighted by Crippen LogP contribution is 2.50. The molecule has 0 atom stereocenters. The summed E-state index contributed by atoms with van der Waals surface area (Å²) in [6, 6.07) is 29.5. The fourth-order valence-corrected chi connectivity index (χ4v) is 7.22. The second-order valence-electron chi connectivity index (χ2n) is 7.67. The molecule has 5 heteroatoms. The molecule has 1 aliphatic rings. The smallest absolute Gasteiger partial charge is 0.175 e. The van der Waals surface area contributed by atoms with Crippen molar-refractivity contribution in [2.75, 3.05) is 0 Å². The lowest BCUT2D eigenvalue weighted by molar-refractivity contribution is 1.33. The lowest BCUT2D eigenvalue weighted by Gasteiger charge is -2.33. The summed E-state index contributed by atoms with van der Waals surface area (Å²) in [5, 5.41) is 6.27. The molecule has 27 heavy (non-hydrogen) atoms. The molecule has 0 saturated carbocycles. The summed E-state index contributed by atoms with van der Waals surface area (Å²) in [6.45, 7) is 6.80. The van der Waals surface area contributed by atoms with E-state index in [1.165, 1.54) is 10.6 Å². The summed E-state index contributed by atoms with van der Waals surface area (Å²) >= 11 is 0. The first-order valence-corrected chi connectivity index (χ1v) is 14.4. The van der Waals surface area contributed by atoms with Crippen molar-refractivity contribution in [2.45, 2.75) is 19.6 Å². The van der Waals surface area contributed by atoms with E-state index in [1.54, 1.807) is 0 Å². The minimum absolute atomic E-state index is 0.987. The van der Waals surface area contributed by atoms with Crippen molar-refractivity contribution in [1.29, 1.82) is 0 Å². The van der Waals surface area contributed by atoms with Crippen molar-refractivity contribution in [3.05, 3.63) is 90.5 Å². The van der Waals surface area contributed by atoms with Crippen LogP contribution in [0, 0.1) is 0 Å². The van der Waals surface area contributed by atoms with E-state index in [-0.39, 0.29) is 0 Å². The van der Waals surface area contributed by atoms with Crippen LogP contribution in [0.1, 0.15) is 5.56 Å². The van der Waals surface area contributed by atoms with Crippen molar-refractivity contribution in [3.63, 3.8) is 0 Å². The molecule has 1 aliphatic heterocycles. The van der Waals surface area contributed by atoms with Crippen molar-refractivity contribution < 1.29 is 0 Å². The zero-order chi connectivity index (χ0) is 18.9. The Morgan fingerprint density at radius 3 is 1.81 bits per heavy atom. The minimum atomic E-state index is -2.20. The van der Waals surface area contributed by atoms with Crippen molar-refractivity contribution >= 4 is 37.6 Å². The molecule has 3 aromatic rings. The third-order valence-electron chi connectivity index (χ3n) is 4.39. The largest absolute Gasteiger partial charge is 0.330 e. The van der Waals surface area contributed by atoms with Gasteiger partial charge in [0.1, 0.15) is 13.0 Å². The maximum atomic E-state index is 5.33. The second-order valence-corrected chi connectivity index (χ2v) is 15.0. The van der Waals surface area contributed by atoms with Crippen LogP contribution in [0.25, 0.3) is 0 Å². The molecule has 0 bridgehead atoms. The van der Waals surface area contributed by atoms with E-state index >= 15 is 0 Å². The van der Waals surface area contributed by atoms with Crippen LogP contribution in [0.15, 0.2) is 94.3 Å². The molecule has 1 N–H and O–H groups in total. The number of rotatable bonds is 3. The van der Waals surface area contributed by atoms with E-state index in [0.29, 0.717) is 0 Å². The fourth-order valence-electron chi connectivity index (χ4n) is 3.26. The van der Waals surface area contributed by atoms with Crippen LogP contribution in [0.3, 0.4) is 0 Å². The maximum absolute atomic E-state index is 5.33. The molecule has 0 spiro atoms.